The zero-order valence-electron chi connectivity index (χ0n) is 18.4. The van der Waals surface area contributed by atoms with E-state index in [1.54, 1.807) is 41.3 Å². The van der Waals surface area contributed by atoms with Crippen molar-refractivity contribution in [2.24, 2.45) is 0 Å². The van der Waals surface area contributed by atoms with Gasteiger partial charge in [0.05, 0.1) is 5.56 Å². The van der Waals surface area contributed by atoms with Gasteiger partial charge >= 0.3 is 0 Å². The second kappa shape index (κ2) is 9.75. The molecule has 0 bridgehead atoms. The molecule has 0 saturated heterocycles. The summed E-state index contributed by atoms with van der Waals surface area (Å²) in [6, 6.07) is 20.1. The Labute approximate surface area is 203 Å². The van der Waals surface area contributed by atoms with Gasteiger partial charge in [-0.2, -0.15) is 5.26 Å². The number of amides is 1. The SMILES string of the molecule is CCC1Oc2ccc(NS(=O)(=O)c3ccccc3C#N)cc2CN(Cc2ccccc2Cl)C1=O. The molecule has 1 unspecified atom stereocenters. The molecule has 1 atom stereocenters. The number of hydrogen-bond acceptors (Lipinski definition) is 5. The molecule has 3 aromatic rings. The van der Waals surface area contributed by atoms with Crippen LogP contribution in [0.3, 0.4) is 0 Å². The molecule has 4 rings (SSSR count). The van der Waals surface area contributed by atoms with Gasteiger partial charge in [-0.1, -0.05) is 48.9 Å². The zero-order valence-corrected chi connectivity index (χ0v) is 19.9. The summed E-state index contributed by atoms with van der Waals surface area (Å²) in [4.78, 5) is 14.7. The fourth-order valence-corrected chi connectivity index (χ4v) is 5.20. The Hall–Kier alpha value is -3.54. The van der Waals surface area contributed by atoms with Gasteiger partial charge in [-0.05, 0) is 48.4 Å². The van der Waals surface area contributed by atoms with Gasteiger partial charge in [0.25, 0.3) is 15.9 Å². The number of ether oxygens (including phenoxy) is 1. The summed E-state index contributed by atoms with van der Waals surface area (Å²) < 4.78 is 34.4. The Kier molecular flexibility index (Phi) is 6.77. The summed E-state index contributed by atoms with van der Waals surface area (Å²) in [5, 5.41) is 9.84. The number of nitrogens with one attached hydrogen (secondary N) is 1. The monoisotopic (exact) mass is 495 g/mol. The van der Waals surface area contributed by atoms with Crippen molar-refractivity contribution in [2.45, 2.75) is 37.4 Å². The molecule has 0 aromatic heterocycles. The van der Waals surface area contributed by atoms with E-state index in [-0.39, 0.29) is 22.9 Å². The lowest BCUT2D eigenvalue weighted by Gasteiger charge is -2.23. The van der Waals surface area contributed by atoms with Crippen molar-refractivity contribution in [3.05, 3.63) is 88.4 Å². The molecule has 1 N–H and O–H groups in total. The van der Waals surface area contributed by atoms with Crippen molar-refractivity contribution >= 4 is 33.2 Å². The third-order valence-electron chi connectivity index (χ3n) is 5.52. The Bertz CT molecular complexity index is 1380. The minimum absolute atomic E-state index is 0.0513. The summed E-state index contributed by atoms with van der Waals surface area (Å²) in [5.41, 5.74) is 1.82. The minimum Gasteiger partial charge on any atom is -0.480 e. The van der Waals surface area contributed by atoms with Crippen LogP contribution in [0.2, 0.25) is 5.02 Å². The maximum absolute atomic E-state index is 13.1. The van der Waals surface area contributed by atoms with E-state index in [1.807, 2.05) is 31.2 Å². The number of nitriles is 1. The number of carbonyl (C=O) groups is 1. The van der Waals surface area contributed by atoms with Crippen LogP contribution >= 0.6 is 11.6 Å². The molecule has 1 heterocycles. The predicted molar refractivity (Wildman–Crippen MR) is 129 cm³/mol. The predicted octanol–water partition coefficient (Wildman–Crippen LogP) is 4.71. The molecular weight excluding hydrogens is 474 g/mol. The lowest BCUT2D eigenvalue weighted by molar-refractivity contribution is -0.139. The molecule has 1 aliphatic rings. The molecule has 0 aliphatic carbocycles. The Balaban J connectivity index is 1.66. The standard InChI is InChI=1S/C25H22ClN3O4S/c1-2-22-25(30)29(15-18-8-3-5-9-21(18)26)16-19-13-20(11-12-23(19)33-22)28-34(31,32)24-10-6-4-7-17(24)14-27/h3-13,22,28H,2,15-16H2,1H3. The van der Waals surface area contributed by atoms with E-state index in [2.05, 4.69) is 4.72 Å². The molecule has 1 aliphatic heterocycles. The first-order valence-electron chi connectivity index (χ1n) is 10.7. The third-order valence-corrected chi connectivity index (χ3v) is 7.33. The summed E-state index contributed by atoms with van der Waals surface area (Å²) in [6.45, 7) is 2.39. The first-order chi connectivity index (χ1) is 16.3. The molecule has 34 heavy (non-hydrogen) atoms. The van der Waals surface area contributed by atoms with Crippen LogP contribution in [0.1, 0.15) is 30.0 Å². The van der Waals surface area contributed by atoms with Crippen LogP contribution in [0.5, 0.6) is 5.75 Å². The summed E-state index contributed by atoms with van der Waals surface area (Å²) in [7, 11) is -4.00. The number of halogens is 1. The van der Waals surface area contributed by atoms with E-state index >= 15 is 0 Å². The molecular formula is C25H22ClN3O4S. The van der Waals surface area contributed by atoms with E-state index < -0.39 is 16.1 Å². The molecule has 174 valence electrons. The highest BCUT2D eigenvalue weighted by atomic mass is 35.5. The van der Waals surface area contributed by atoms with E-state index in [0.29, 0.717) is 35.0 Å². The normalized spacial score (nSPS) is 15.6. The van der Waals surface area contributed by atoms with Crippen LogP contribution in [-0.4, -0.2) is 25.3 Å². The first kappa shape index (κ1) is 23.6. The second-order valence-electron chi connectivity index (χ2n) is 7.84. The quantitative estimate of drug-likeness (QED) is 0.533. The highest BCUT2D eigenvalue weighted by molar-refractivity contribution is 7.92. The number of nitrogens with zero attached hydrogens (tertiary/aromatic N) is 2. The molecule has 1 amide bonds. The van der Waals surface area contributed by atoms with E-state index in [1.165, 1.54) is 12.1 Å². The number of fused-ring (bicyclic) bond motifs is 1. The van der Waals surface area contributed by atoms with Gasteiger partial charge in [0.2, 0.25) is 0 Å². The number of rotatable bonds is 6. The van der Waals surface area contributed by atoms with E-state index in [0.717, 1.165) is 5.56 Å². The first-order valence-corrected chi connectivity index (χ1v) is 12.5. The second-order valence-corrected chi connectivity index (χ2v) is 9.89. The van der Waals surface area contributed by atoms with Gasteiger partial charge in [0, 0.05) is 29.4 Å². The van der Waals surface area contributed by atoms with Crippen molar-refractivity contribution in [1.29, 1.82) is 5.26 Å². The summed E-state index contributed by atoms with van der Waals surface area (Å²) in [6.07, 6.45) is -0.176. The van der Waals surface area contributed by atoms with Crippen LogP contribution in [0.4, 0.5) is 5.69 Å². The van der Waals surface area contributed by atoms with Crippen molar-refractivity contribution in [3.8, 4) is 11.8 Å². The highest BCUT2D eigenvalue weighted by Gasteiger charge is 2.30. The maximum Gasteiger partial charge on any atom is 0.264 e. The van der Waals surface area contributed by atoms with Crippen molar-refractivity contribution in [3.63, 3.8) is 0 Å². The summed E-state index contributed by atoms with van der Waals surface area (Å²) in [5.74, 6) is 0.353. The van der Waals surface area contributed by atoms with E-state index in [4.69, 9.17) is 16.3 Å². The minimum atomic E-state index is -4.00. The molecule has 0 radical (unpaired) electrons. The number of sulfonamides is 1. The Morgan fingerprint density at radius 3 is 2.62 bits per heavy atom. The van der Waals surface area contributed by atoms with Gasteiger partial charge in [-0.25, -0.2) is 8.42 Å². The van der Waals surface area contributed by atoms with Gasteiger partial charge in [-0.3, -0.25) is 9.52 Å². The zero-order chi connectivity index (χ0) is 24.3. The smallest absolute Gasteiger partial charge is 0.264 e. The number of anilines is 1. The maximum atomic E-state index is 13.1. The number of hydrogen-bond donors (Lipinski definition) is 1. The molecule has 0 saturated carbocycles. The van der Waals surface area contributed by atoms with Crippen molar-refractivity contribution in [2.75, 3.05) is 4.72 Å². The molecule has 7 nitrogen and oxygen atoms in total. The average Bonchev–Trinajstić information content (AvgIpc) is 2.96. The van der Waals surface area contributed by atoms with Crippen LogP contribution in [-0.2, 0) is 27.9 Å². The van der Waals surface area contributed by atoms with Crippen molar-refractivity contribution < 1.29 is 17.9 Å². The fourth-order valence-electron chi connectivity index (χ4n) is 3.80. The molecule has 0 spiro atoms. The van der Waals surface area contributed by atoms with Gasteiger partial charge < -0.3 is 9.64 Å². The van der Waals surface area contributed by atoms with Crippen LogP contribution in [0.15, 0.2) is 71.6 Å². The van der Waals surface area contributed by atoms with E-state index in [9.17, 15) is 18.5 Å². The topological polar surface area (TPSA) is 99.5 Å². The van der Waals surface area contributed by atoms with Crippen LogP contribution in [0.25, 0.3) is 0 Å². The Morgan fingerprint density at radius 1 is 1.15 bits per heavy atom. The lowest BCUT2D eigenvalue weighted by atomic mass is 10.1. The Morgan fingerprint density at radius 2 is 1.88 bits per heavy atom. The van der Waals surface area contributed by atoms with Gasteiger partial charge in [0.1, 0.15) is 16.7 Å². The van der Waals surface area contributed by atoms with Gasteiger partial charge in [-0.15, -0.1) is 0 Å². The third kappa shape index (κ3) is 4.86. The van der Waals surface area contributed by atoms with Crippen molar-refractivity contribution in [1.82, 2.24) is 4.90 Å². The molecule has 0 fully saturated rings. The number of benzene rings is 3. The van der Waals surface area contributed by atoms with Gasteiger partial charge in [0.15, 0.2) is 6.10 Å². The molecule has 3 aromatic carbocycles. The average molecular weight is 496 g/mol. The summed E-state index contributed by atoms with van der Waals surface area (Å²) >= 11 is 6.31. The van der Waals surface area contributed by atoms with Crippen LogP contribution in [0, 0.1) is 11.3 Å². The molecule has 9 heteroatoms. The lowest BCUT2D eigenvalue weighted by Crippen LogP contribution is -2.38. The number of carbonyl (C=O) groups excluding carboxylic acids is 1. The fraction of sp³-hybridized carbons (Fsp3) is 0.200. The largest absolute Gasteiger partial charge is 0.480 e. The van der Waals surface area contributed by atoms with Crippen LogP contribution < -0.4 is 9.46 Å². The highest BCUT2D eigenvalue weighted by Crippen LogP contribution is 2.32.